The van der Waals surface area contributed by atoms with Gasteiger partial charge < -0.3 is 4.98 Å². The molecule has 0 amide bonds. The number of unbranched alkanes of at least 4 members (excludes halogenated alkanes) is 3. The summed E-state index contributed by atoms with van der Waals surface area (Å²) in [6.45, 7) is 4.36. The summed E-state index contributed by atoms with van der Waals surface area (Å²) in [5.41, 5.74) is 1.05. The lowest BCUT2D eigenvalue weighted by Gasteiger charge is -2.13. The van der Waals surface area contributed by atoms with Crippen LogP contribution in [0.3, 0.4) is 0 Å². The van der Waals surface area contributed by atoms with Crippen LogP contribution in [0.1, 0.15) is 51.5 Å². The average molecular weight is 416 g/mol. The number of hydrogen-bond donors (Lipinski definition) is 1. The number of aromatic amines is 1. The molecule has 1 atom stereocenters. The van der Waals surface area contributed by atoms with Crippen molar-refractivity contribution in [2.75, 3.05) is 0 Å². The van der Waals surface area contributed by atoms with Gasteiger partial charge in [0.2, 0.25) is 0 Å². The van der Waals surface area contributed by atoms with Gasteiger partial charge in [0.1, 0.15) is 5.52 Å². The zero-order chi connectivity index (χ0) is 16.1. The van der Waals surface area contributed by atoms with Gasteiger partial charge >= 0.3 is 0 Å². The largest absolute Gasteiger partial charge is 0.316 e. The number of halogens is 2. The number of nitrogens with zero attached hydrogens (tertiary/aromatic N) is 1. The molecule has 120 valence electrons. The van der Waals surface area contributed by atoms with Crippen molar-refractivity contribution >= 4 is 33.6 Å². The first kappa shape index (κ1) is 17.4. The first-order chi connectivity index (χ1) is 10.5. The predicted octanol–water partition coefficient (Wildman–Crippen LogP) is 4.82. The molecule has 0 radical (unpaired) electrons. The second-order valence-electron chi connectivity index (χ2n) is 5.95. The Morgan fingerprint density at radius 3 is 2.82 bits per heavy atom. The van der Waals surface area contributed by atoms with Crippen molar-refractivity contribution in [2.45, 2.75) is 52.4 Å². The Labute approximate surface area is 143 Å². The minimum atomic E-state index is -0.336. The molecule has 0 saturated heterocycles. The Hall–Kier alpha value is -0.980. The number of nitrogens with one attached hydrogen (secondary N) is 1. The summed E-state index contributed by atoms with van der Waals surface area (Å²) in [5.74, 6) is 0.103. The summed E-state index contributed by atoms with van der Waals surface area (Å²) < 4.78 is 14.9. The third-order valence-electron chi connectivity index (χ3n) is 3.96. The van der Waals surface area contributed by atoms with Crippen LogP contribution in [-0.2, 0) is 6.42 Å². The first-order valence-electron chi connectivity index (χ1n) is 7.89. The van der Waals surface area contributed by atoms with Gasteiger partial charge in [-0.3, -0.25) is 4.79 Å². The quantitative estimate of drug-likeness (QED) is 0.520. The molecule has 1 unspecified atom stereocenters. The molecule has 0 bridgehead atoms. The number of benzene rings is 1. The van der Waals surface area contributed by atoms with E-state index in [1.165, 1.54) is 25.7 Å². The number of rotatable bonds is 7. The highest BCUT2D eigenvalue weighted by molar-refractivity contribution is 14.1. The number of aromatic nitrogens is 2. The molecular formula is C17H22FIN2O. The fourth-order valence-electron chi connectivity index (χ4n) is 2.70. The first-order valence-corrected chi connectivity index (χ1v) is 8.97. The van der Waals surface area contributed by atoms with E-state index >= 15 is 0 Å². The molecule has 1 N–H and O–H groups in total. The summed E-state index contributed by atoms with van der Waals surface area (Å²) >= 11 is 1.86. The lowest BCUT2D eigenvalue weighted by Crippen LogP contribution is -2.13. The van der Waals surface area contributed by atoms with Crippen LogP contribution in [-0.4, -0.2) is 9.97 Å². The molecule has 3 nitrogen and oxygen atoms in total. The smallest absolute Gasteiger partial charge is 0.280 e. The van der Waals surface area contributed by atoms with E-state index < -0.39 is 0 Å². The second kappa shape index (κ2) is 8.04. The minimum absolute atomic E-state index is 0.223. The van der Waals surface area contributed by atoms with Crippen LogP contribution < -0.4 is 5.56 Å². The zero-order valence-corrected chi connectivity index (χ0v) is 15.2. The maximum absolute atomic E-state index is 14.6. The van der Waals surface area contributed by atoms with E-state index in [-0.39, 0.29) is 16.9 Å². The molecule has 0 spiro atoms. The summed E-state index contributed by atoms with van der Waals surface area (Å²) in [6, 6.07) is 3.58. The van der Waals surface area contributed by atoms with Crippen LogP contribution in [0.5, 0.6) is 0 Å². The van der Waals surface area contributed by atoms with E-state index in [4.69, 9.17) is 0 Å². The van der Waals surface area contributed by atoms with Crippen molar-refractivity contribution in [1.82, 2.24) is 9.97 Å². The molecule has 2 rings (SSSR count). The summed E-state index contributed by atoms with van der Waals surface area (Å²) in [6.07, 6.45) is 6.74. The Bertz CT molecular complexity index is 699. The average Bonchev–Trinajstić information content (AvgIpc) is 2.49. The van der Waals surface area contributed by atoms with Gasteiger partial charge in [-0.2, -0.15) is 0 Å². The fourth-order valence-corrected chi connectivity index (χ4v) is 3.09. The lowest BCUT2D eigenvalue weighted by atomic mass is 9.94. The monoisotopic (exact) mass is 416 g/mol. The van der Waals surface area contributed by atoms with Crippen LogP contribution in [0.15, 0.2) is 16.9 Å². The van der Waals surface area contributed by atoms with Crippen molar-refractivity contribution in [3.05, 3.63) is 37.6 Å². The van der Waals surface area contributed by atoms with Crippen LogP contribution in [0.4, 0.5) is 4.39 Å². The van der Waals surface area contributed by atoms with Gasteiger partial charge in [0.25, 0.3) is 5.56 Å². The molecule has 0 aliphatic carbocycles. The SMILES string of the molecule is CCCCCCC(C)Cc1ccc2nc(I)c(=O)[nH]c2c1F. The van der Waals surface area contributed by atoms with Gasteiger partial charge in [-0.25, -0.2) is 9.37 Å². The van der Waals surface area contributed by atoms with Crippen LogP contribution in [0, 0.1) is 15.4 Å². The van der Waals surface area contributed by atoms with Crippen molar-refractivity contribution in [2.24, 2.45) is 5.92 Å². The van der Waals surface area contributed by atoms with E-state index in [9.17, 15) is 9.18 Å². The molecule has 1 aromatic heterocycles. The van der Waals surface area contributed by atoms with Gasteiger partial charge in [0.15, 0.2) is 9.52 Å². The molecule has 0 aliphatic rings. The normalized spacial score (nSPS) is 12.7. The number of H-pyrrole nitrogens is 1. The van der Waals surface area contributed by atoms with E-state index in [1.807, 2.05) is 22.6 Å². The maximum Gasteiger partial charge on any atom is 0.280 e. The Kier molecular flexibility index (Phi) is 6.35. The maximum atomic E-state index is 14.6. The van der Waals surface area contributed by atoms with Crippen molar-refractivity contribution in [3.63, 3.8) is 0 Å². The van der Waals surface area contributed by atoms with E-state index in [0.717, 1.165) is 6.42 Å². The van der Waals surface area contributed by atoms with Crippen LogP contribution >= 0.6 is 22.6 Å². The lowest BCUT2D eigenvalue weighted by molar-refractivity contribution is 0.477. The zero-order valence-electron chi connectivity index (χ0n) is 13.1. The highest BCUT2D eigenvalue weighted by atomic mass is 127. The Morgan fingerprint density at radius 2 is 2.09 bits per heavy atom. The molecule has 1 aromatic carbocycles. The van der Waals surface area contributed by atoms with Crippen molar-refractivity contribution in [3.8, 4) is 0 Å². The molecule has 1 heterocycles. The third-order valence-corrected chi connectivity index (χ3v) is 4.69. The fraction of sp³-hybridized carbons (Fsp3) is 0.529. The molecule has 0 saturated carbocycles. The second-order valence-corrected chi connectivity index (χ2v) is 6.97. The van der Waals surface area contributed by atoms with E-state index in [0.29, 0.717) is 27.1 Å². The predicted molar refractivity (Wildman–Crippen MR) is 96.7 cm³/mol. The third kappa shape index (κ3) is 4.27. The van der Waals surface area contributed by atoms with Crippen LogP contribution in [0.25, 0.3) is 11.0 Å². The van der Waals surface area contributed by atoms with E-state index in [2.05, 4.69) is 23.8 Å². The summed E-state index contributed by atoms with van der Waals surface area (Å²) in [5, 5.41) is 0. The van der Waals surface area contributed by atoms with Crippen molar-refractivity contribution in [1.29, 1.82) is 0 Å². The standard InChI is InChI=1S/C17H22FIN2O/c1-3-4-5-6-7-11(2)10-12-8-9-13-15(14(12)18)21-17(22)16(19)20-13/h8-9,11H,3-7,10H2,1-2H3,(H,21,22). The molecular weight excluding hydrogens is 394 g/mol. The summed E-state index contributed by atoms with van der Waals surface area (Å²) in [4.78, 5) is 18.4. The van der Waals surface area contributed by atoms with Crippen LogP contribution in [0.2, 0.25) is 0 Å². The van der Waals surface area contributed by atoms with Gasteiger partial charge in [0.05, 0.1) is 5.52 Å². The van der Waals surface area contributed by atoms with E-state index in [1.54, 1.807) is 12.1 Å². The Morgan fingerprint density at radius 1 is 1.32 bits per heavy atom. The van der Waals surface area contributed by atoms with Gasteiger partial charge in [-0.1, -0.05) is 52.0 Å². The molecule has 2 aromatic rings. The van der Waals surface area contributed by atoms with Gasteiger partial charge in [-0.15, -0.1) is 0 Å². The highest BCUT2D eigenvalue weighted by Gasteiger charge is 2.13. The van der Waals surface area contributed by atoms with Gasteiger partial charge in [-0.05, 0) is 46.6 Å². The topological polar surface area (TPSA) is 45.8 Å². The summed E-state index contributed by atoms with van der Waals surface area (Å²) in [7, 11) is 0. The molecule has 0 aliphatic heterocycles. The highest BCUT2D eigenvalue weighted by Crippen LogP contribution is 2.22. The number of hydrogen-bond acceptors (Lipinski definition) is 2. The minimum Gasteiger partial charge on any atom is -0.316 e. The Balaban J connectivity index is 2.13. The number of fused-ring (bicyclic) bond motifs is 1. The van der Waals surface area contributed by atoms with Gasteiger partial charge in [0, 0.05) is 0 Å². The van der Waals surface area contributed by atoms with Crippen molar-refractivity contribution < 1.29 is 4.39 Å². The molecule has 5 heteroatoms. The molecule has 0 fully saturated rings. The molecule has 22 heavy (non-hydrogen) atoms.